The molecule has 2 aromatic carbocycles. The lowest BCUT2D eigenvalue weighted by Crippen LogP contribution is -2.29. The molecule has 6 heteroatoms. The number of carbonyl (C=O) groups excluding carboxylic acids is 1. The van der Waals surface area contributed by atoms with Gasteiger partial charge in [0.15, 0.2) is 6.61 Å². The second-order valence-corrected chi connectivity index (χ2v) is 12.1. The third-order valence-corrected chi connectivity index (χ3v) is 8.30. The molecule has 232 valence electrons. The fourth-order valence-corrected chi connectivity index (χ4v) is 5.70. The van der Waals surface area contributed by atoms with Gasteiger partial charge in [0.1, 0.15) is 11.6 Å². The zero-order valence-electron chi connectivity index (χ0n) is 26.1. The average molecular weight is 596 g/mol. The Hall–Kier alpha value is -2.53. The molecule has 1 amide bonds. The number of ether oxygens (including phenoxy) is 1. The van der Waals surface area contributed by atoms with E-state index in [4.69, 9.17) is 21.3 Å². The number of rotatable bonds is 24. The van der Waals surface area contributed by atoms with E-state index in [1.165, 1.54) is 101 Å². The van der Waals surface area contributed by atoms with Gasteiger partial charge in [-0.2, -0.15) is 0 Å². The highest BCUT2D eigenvalue weighted by atomic mass is 35.5. The Bertz CT molecular complexity index is 1130. The summed E-state index contributed by atoms with van der Waals surface area (Å²) >= 11 is 5.88. The van der Waals surface area contributed by atoms with Gasteiger partial charge in [-0.25, -0.2) is 4.98 Å². The normalized spacial score (nSPS) is 11.3. The number of nitrogens with one attached hydrogen (secondary N) is 1. The van der Waals surface area contributed by atoms with Crippen LogP contribution in [0.5, 0.6) is 5.75 Å². The summed E-state index contributed by atoms with van der Waals surface area (Å²) < 4.78 is 7.96. The number of amides is 1. The molecule has 3 rings (SSSR count). The predicted molar refractivity (Wildman–Crippen MR) is 178 cm³/mol. The Morgan fingerprint density at radius 2 is 1.36 bits per heavy atom. The van der Waals surface area contributed by atoms with E-state index in [0.29, 0.717) is 17.3 Å². The maximum atomic E-state index is 12.1. The first-order valence-corrected chi connectivity index (χ1v) is 17.1. The minimum absolute atomic E-state index is 0.0188. The fourth-order valence-electron chi connectivity index (χ4n) is 5.57. The van der Waals surface area contributed by atoms with Crippen molar-refractivity contribution < 1.29 is 9.53 Å². The number of carbonyl (C=O) groups is 1. The fraction of sp³-hybridized carbons (Fsp3) is 0.611. The summed E-state index contributed by atoms with van der Waals surface area (Å²) in [5.74, 6) is 1.75. The number of para-hydroxylation sites is 2. The topological polar surface area (TPSA) is 56.2 Å². The van der Waals surface area contributed by atoms with Gasteiger partial charge in [-0.15, -0.1) is 0 Å². The van der Waals surface area contributed by atoms with Crippen molar-refractivity contribution in [1.29, 1.82) is 0 Å². The van der Waals surface area contributed by atoms with Crippen LogP contribution in [0.2, 0.25) is 5.02 Å². The van der Waals surface area contributed by atoms with E-state index >= 15 is 0 Å². The highest BCUT2D eigenvalue weighted by Crippen LogP contribution is 2.20. The van der Waals surface area contributed by atoms with Crippen molar-refractivity contribution in [3.05, 3.63) is 59.4 Å². The summed E-state index contributed by atoms with van der Waals surface area (Å²) in [7, 11) is 0. The molecular weight excluding hydrogens is 542 g/mol. The minimum atomic E-state index is -0.0973. The molecule has 0 saturated carbocycles. The molecule has 0 bridgehead atoms. The molecule has 0 aliphatic carbocycles. The lowest BCUT2D eigenvalue weighted by Gasteiger charge is -2.10. The maximum absolute atomic E-state index is 12.1. The molecule has 0 spiro atoms. The van der Waals surface area contributed by atoms with Gasteiger partial charge in [-0.1, -0.05) is 121 Å². The number of fused-ring (bicyclic) bond motifs is 1. The molecule has 1 heterocycles. The molecule has 0 radical (unpaired) electrons. The molecule has 0 aliphatic heterocycles. The second-order valence-electron chi connectivity index (χ2n) is 11.7. The maximum Gasteiger partial charge on any atom is 0.257 e. The van der Waals surface area contributed by atoms with Crippen LogP contribution in [0.1, 0.15) is 122 Å². The van der Waals surface area contributed by atoms with Crippen molar-refractivity contribution in [2.24, 2.45) is 0 Å². The van der Waals surface area contributed by atoms with Gasteiger partial charge in [0, 0.05) is 24.5 Å². The van der Waals surface area contributed by atoms with E-state index in [9.17, 15) is 4.79 Å². The number of halogens is 1. The number of aryl methyl sites for hydroxylation is 2. The van der Waals surface area contributed by atoms with Gasteiger partial charge in [0.05, 0.1) is 11.0 Å². The van der Waals surface area contributed by atoms with Gasteiger partial charge >= 0.3 is 0 Å². The Morgan fingerprint density at radius 1 is 0.762 bits per heavy atom. The Labute approximate surface area is 259 Å². The Kier molecular flexibility index (Phi) is 17.1. The second kappa shape index (κ2) is 21.2. The number of benzene rings is 2. The van der Waals surface area contributed by atoms with Crippen LogP contribution in [0.4, 0.5) is 0 Å². The number of imidazole rings is 1. The van der Waals surface area contributed by atoms with Crippen LogP contribution < -0.4 is 10.1 Å². The van der Waals surface area contributed by atoms with E-state index in [1.807, 2.05) is 0 Å². The number of hydrogen-bond acceptors (Lipinski definition) is 3. The summed E-state index contributed by atoms with van der Waals surface area (Å²) in [4.78, 5) is 17.1. The van der Waals surface area contributed by atoms with Crippen LogP contribution in [0.3, 0.4) is 0 Å². The zero-order chi connectivity index (χ0) is 29.7. The van der Waals surface area contributed by atoms with Crippen molar-refractivity contribution in [1.82, 2.24) is 14.9 Å². The van der Waals surface area contributed by atoms with E-state index in [2.05, 4.69) is 41.1 Å². The number of aromatic nitrogens is 2. The first kappa shape index (κ1) is 34.0. The smallest absolute Gasteiger partial charge is 0.257 e. The third kappa shape index (κ3) is 13.6. The number of hydrogen-bond donors (Lipinski definition) is 1. The van der Waals surface area contributed by atoms with Crippen molar-refractivity contribution in [2.45, 2.75) is 129 Å². The largest absolute Gasteiger partial charge is 0.484 e. The van der Waals surface area contributed by atoms with Crippen LogP contribution in [0.15, 0.2) is 48.5 Å². The molecule has 1 N–H and O–H groups in total. The first-order valence-electron chi connectivity index (χ1n) is 16.8. The summed E-state index contributed by atoms with van der Waals surface area (Å²) in [5.41, 5.74) is 2.36. The SMILES string of the molecule is CCCCCCCCCCCCCCCCn1c(CCCCCNC(=O)COc2ccc(Cl)cc2)nc2ccccc21. The van der Waals surface area contributed by atoms with Crippen molar-refractivity contribution in [3.8, 4) is 5.75 Å². The highest BCUT2D eigenvalue weighted by Gasteiger charge is 2.10. The average Bonchev–Trinajstić information content (AvgIpc) is 3.36. The minimum Gasteiger partial charge on any atom is -0.484 e. The first-order chi connectivity index (χ1) is 20.7. The van der Waals surface area contributed by atoms with Crippen LogP contribution in [-0.2, 0) is 17.8 Å². The summed E-state index contributed by atoms with van der Waals surface area (Å²) in [5, 5.41) is 3.60. The monoisotopic (exact) mass is 595 g/mol. The van der Waals surface area contributed by atoms with Crippen molar-refractivity contribution >= 4 is 28.5 Å². The molecule has 1 aromatic heterocycles. The van der Waals surface area contributed by atoms with Crippen LogP contribution in [0, 0.1) is 0 Å². The highest BCUT2D eigenvalue weighted by molar-refractivity contribution is 6.30. The van der Waals surface area contributed by atoms with E-state index in [-0.39, 0.29) is 12.5 Å². The predicted octanol–water partition coefficient (Wildman–Crippen LogP) is 10.1. The van der Waals surface area contributed by atoms with Gasteiger partial charge in [0.25, 0.3) is 5.91 Å². The van der Waals surface area contributed by atoms with Gasteiger partial charge in [-0.3, -0.25) is 4.79 Å². The molecule has 0 aliphatic rings. The van der Waals surface area contributed by atoms with Crippen molar-refractivity contribution in [2.75, 3.05) is 13.2 Å². The Morgan fingerprint density at radius 3 is 2.02 bits per heavy atom. The summed E-state index contributed by atoms with van der Waals surface area (Å²) in [6.07, 6.45) is 23.4. The number of unbranched alkanes of at least 4 members (excludes halogenated alkanes) is 15. The van der Waals surface area contributed by atoms with Crippen LogP contribution >= 0.6 is 11.6 Å². The Balaban J connectivity index is 1.25. The van der Waals surface area contributed by atoms with Crippen molar-refractivity contribution in [3.63, 3.8) is 0 Å². The quantitative estimate of drug-likeness (QED) is 0.105. The molecular formula is C36H54ClN3O2. The molecule has 0 unspecified atom stereocenters. The number of nitrogens with zero attached hydrogens (tertiary/aromatic N) is 2. The molecule has 42 heavy (non-hydrogen) atoms. The third-order valence-electron chi connectivity index (χ3n) is 8.05. The van der Waals surface area contributed by atoms with E-state index in [1.54, 1.807) is 24.3 Å². The standard InChI is InChI=1S/C36H54ClN3O2/c1-2-3-4-5-6-7-8-9-10-11-12-13-14-20-29-40-34-22-18-17-21-33(34)39-35(40)23-16-15-19-28-38-36(41)30-42-32-26-24-31(37)25-27-32/h17-18,21-22,24-27H,2-16,19-20,23,28-30H2,1H3,(H,38,41). The summed E-state index contributed by atoms with van der Waals surface area (Å²) in [6.45, 7) is 4.02. The van der Waals surface area contributed by atoms with Gasteiger partial charge < -0.3 is 14.6 Å². The van der Waals surface area contributed by atoms with Crippen LogP contribution in [0.25, 0.3) is 11.0 Å². The molecule has 0 fully saturated rings. The lowest BCUT2D eigenvalue weighted by atomic mass is 10.0. The van der Waals surface area contributed by atoms with Gasteiger partial charge in [-0.05, 0) is 55.7 Å². The summed E-state index contributed by atoms with van der Waals surface area (Å²) in [6, 6.07) is 15.6. The lowest BCUT2D eigenvalue weighted by molar-refractivity contribution is -0.123. The molecule has 3 aromatic rings. The van der Waals surface area contributed by atoms with Crippen LogP contribution in [-0.4, -0.2) is 28.6 Å². The van der Waals surface area contributed by atoms with E-state index in [0.717, 1.165) is 37.7 Å². The molecule has 5 nitrogen and oxygen atoms in total. The van der Waals surface area contributed by atoms with Gasteiger partial charge in [0.2, 0.25) is 0 Å². The molecule has 0 saturated heterocycles. The molecule has 0 atom stereocenters. The van der Waals surface area contributed by atoms with E-state index < -0.39 is 0 Å². The zero-order valence-corrected chi connectivity index (χ0v) is 26.8.